The molecule has 0 saturated heterocycles. The van der Waals surface area contributed by atoms with Crippen LogP contribution < -0.4 is 0 Å². The van der Waals surface area contributed by atoms with Gasteiger partial charge < -0.3 is 4.57 Å². The summed E-state index contributed by atoms with van der Waals surface area (Å²) < 4.78 is 2.22. The van der Waals surface area contributed by atoms with Crippen molar-refractivity contribution in [1.29, 1.82) is 0 Å². The highest BCUT2D eigenvalue weighted by Gasteiger charge is 2.03. The first-order valence-corrected chi connectivity index (χ1v) is 5.44. The number of aryl methyl sites for hydroxylation is 1. The molecule has 0 saturated carbocycles. The summed E-state index contributed by atoms with van der Waals surface area (Å²) in [7, 11) is 0. The molecule has 15 heavy (non-hydrogen) atoms. The van der Waals surface area contributed by atoms with Crippen LogP contribution in [0.2, 0.25) is 5.02 Å². The largest absolute Gasteiger partial charge is 0.347 e. The number of nitrogens with zero attached hydrogens (tertiary/aromatic N) is 1. The Morgan fingerprint density at radius 3 is 2.93 bits per heavy atom. The van der Waals surface area contributed by atoms with Gasteiger partial charge in [0, 0.05) is 28.7 Å². The number of benzene rings is 1. The molecule has 1 nitrogen and oxygen atoms in total. The van der Waals surface area contributed by atoms with Gasteiger partial charge >= 0.3 is 0 Å². The van der Waals surface area contributed by atoms with Crippen molar-refractivity contribution in [2.45, 2.75) is 19.9 Å². The second kappa shape index (κ2) is 4.11. The second-order valence-corrected chi connectivity index (χ2v) is 4.30. The van der Waals surface area contributed by atoms with E-state index in [0.717, 1.165) is 23.4 Å². The molecule has 0 unspecified atom stereocenters. The predicted molar refractivity (Wildman–Crippen MR) is 66.4 cm³/mol. The molecule has 2 rings (SSSR count). The molecule has 0 aliphatic rings. The predicted octanol–water partition coefficient (Wildman–Crippen LogP) is 4.26. The lowest BCUT2D eigenvalue weighted by Gasteiger charge is -2.05. The average Bonchev–Trinajstić information content (AvgIpc) is 2.59. The van der Waals surface area contributed by atoms with E-state index in [0.29, 0.717) is 0 Å². The third-order valence-electron chi connectivity index (χ3n) is 2.54. The lowest BCUT2D eigenvalue weighted by atomic mass is 10.2. The van der Waals surface area contributed by atoms with Crippen molar-refractivity contribution < 1.29 is 0 Å². The molecule has 0 fully saturated rings. The van der Waals surface area contributed by atoms with Crippen molar-refractivity contribution in [2.24, 2.45) is 0 Å². The number of fused-ring (bicyclic) bond motifs is 1. The number of allylic oxidation sites excluding steroid dienone is 1. The lowest BCUT2D eigenvalue weighted by Crippen LogP contribution is -1.95. The number of hydrogen-bond donors (Lipinski definition) is 0. The summed E-state index contributed by atoms with van der Waals surface area (Å²) in [6, 6.07) is 8.07. The minimum atomic E-state index is 0.821. The fourth-order valence-corrected chi connectivity index (χ4v) is 1.92. The van der Waals surface area contributed by atoms with Crippen LogP contribution in [0.3, 0.4) is 0 Å². The zero-order valence-electron chi connectivity index (χ0n) is 8.83. The topological polar surface area (TPSA) is 4.93 Å². The Morgan fingerprint density at radius 1 is 1.40 bits per heavy atom. The van der Waals surface area contributed by atoms with Crippen molar-refractivity contribution in [3.63, 3.8) is 0 Å². The van der Waals surface area contributed by atoms with Crippen molar-refractivity contribution in [1.82, 2.24) is 4.57 Å². The Kier molecular flexibility index (Phi) is 2.83. The number of halogens is 1. The molecule has 1 aromatic carbocycles. The van der Waals surface area contributed by atoms with E-state index in [-0.39, 0.29) is 0 Å². The maximum Gasteiger partial charge on any atom is 0.0499 e. The molecule has 2 aromatic rings. The molecule has 0 spiro atoms. The molecule has 0 aliphatic heterocycles. The summed E-state index contributed by atoms with van der Waals surface area (Å²) in [5.41, 5.74) is 2.41. The first-order chi connectivity index (χ1) is 7.18. The lowest BCUT2D eigenvalue weighted by molar-refractivity contribution is 0.719. The highest BCUT2D eigenvalue weighted by atomic mass is 35.5. The molecular weight excluding hydrogens is 206 g/mol. The summed E-state index contributed by atoms with van der Waals surface area (Å²) in [6.07, 6.45) is 3.09. The van der Waals surface area contributed by atoms with E-state index in [2.05, 4.69) is 36.4 Å². The van der Waals surface area contributed by atoms with Crippen LogP contribution in [0.15, 0.2) is 42.6 Å². The molecule has 78 valence electrons. The summed E-state index contributed by atoms with van der Waals surface area (Å²) in [5.74, 6) is 0. The van der Waals surface area contributed by atoms with Crippen LogP contribution in [-0.4, -0.2) is 4.57 Å². The van der Waals surface area contributed by atoms with Gasteiger partial charge in [-0.2, -0.15) is 0 Å². The van der Waals surface area contributed by atoms with Gasteiger partial charge in [0.05, 0.1) is 0 Å². The summed E-state index contributed by atoms with van der Waals surface area (Å²) in [4.78, 5) is 0. The zero-order valence-corrected chi connectivity index (χ0v) is 9.59. The van der Waals surface area contributed by atoms with Crippen LogP contribution in [-0.2, 0) is 6.54 Å². The van der Waals surface area contributed by atoms with E-state index in [1.165, 1.54) is 11.1 Å². The third-order valence-corrected chi connectivity index (χ3v) is 2.87. The van der Waals surface area contributed by atoms with Crippen LogP contribution in [0.25, 0.3) is 10.9 Å². The van der Waals surface area contributed by atoms with E-state index < -0.39 is 0 Å². The molecule has 0 aliphatic carbocycles. The van der Waals surface area contributed by atoms with Crippen LogP contribution in [0, 0.1) is 0 Å². The molecule has 0 N–H and O–H groups in total. The Balaban J connectivity index is 2.37. The minimum Gasteiger partial charge on any atom is -0.347 e. The molecule has 0 amide bonds. The third kappa shape index (κ3) is 2.07. The van der Waals surface area contributed by atoms with Crippen molar-refractivity contribution in [3.05, 3.63) is 47.6 Å². The van der Waals surface area contributed by atoms with Gasteiger partial charge in [-0.15, -0.1) is 6.58 Å². The van der Waals surface area contributed by atoms with Gasteiger partial charge in [0.2, 0.25) is 0 Å². The summed E-state index contributed by atoms with van der Waals surface area (Å²) >= 11 is 6.10. The maximum absolute atomic E-state index is 6.10. The van der Waals surface area contributed by atoms with Crippen molar-refractivity contribution in [2.75, 3.05) is 0 Å². The second-order valence-electron chi connectivity index (χ2n) is 3.89. The van der Waals surface area contributed by atoms with Crippen molar-refractivity contribution >= 4 is 22.5 Å². The smallest absolute Gasteiger partial charge is 0.0499 e. The fourth-order valence-electron chi connectivity index (χ4n) is 1.69. The molecule has 1 aromatic heterocycles. The van der Waals surface area contributed by atoms with Gasteiger partial charge in [-0.3, -0.25) is 0 Å². The highest BCUT2D eigenvalue weighted by Crippen LogP contribution is 2.24. The van der Waals surface area contributed by atoms with Gasteiger partial charge in [-0.25, -0.2) is 0 Å². The van der Waals surface area contributed by atoms with Crippen LogP contribution in [0.5, 0.6) is 0 Å². The fraction of sp³-hybridized carbons (Fsp3) is 0.231. The van der Waals surface area contributed by atoms with Crippen molar-refractivity contribution in [3.8, 4) is 0 Å². The normalized spacial score (nSPS) is 10.8. The van der Waals surface area contributed by atoms with Gasteiger partial charge in [0.15, 0.2) is 0 Å². The van der Waals surface area contributed by atoms with E-state index in [9.17, 15) is 0 Å². The molecular formula is C13H14ClN. The summed E-state index contributed by atoms with van der Waals surface area (Å²) in [5, 5.41) is 1.95. The van der Waals surface area contributed by atoms with Gasteiger partial charge in [0.1, 0.15) is 0 Å². The van der Waals surface area contributed by atoms with Crippen LogP contribution >= 0.6 is 11.6 Å². The Labute approximate surface area is 95.0 Å². The van der Waals surface area contributed by atoms with E-state index >= 15 is 0 Å². The van der Waals surface area contributed by atoms with E-state index in [4.69, 9.17) is 11.6 Å². The summed E-state index contributed by atoms with van der Waals surface area (Å²) in [6.45, 7) is 6.94. The average molecular weight is 220 g/mol. The number of hydrogen-bond acceptors (Lipinski definition) is 0. The van der Waals surface area contributed by atoms with Gasteiger partial charge in [-0.05, 0) is 31.5 Å². The molecule has 0 bridgehead atoms. The maximum atomic E-state index is 6.10. The monoisotopic (exact) mass is 219 g/mol. The van der Waals surface area contributed by atoms with Gasteiger partial charge in [0.25, 0.3) is 0 Å². The zero-order chi connectivity index (χ0) is 10.8. The molecule has 0 atom stereocenters. The van der Waals surface area contributed by atoms with Crippen LogP contribution in [0.4, 0.5) is 0 Å². The Bertz CT molecular complexity index is 496. The standard InChI is InChI=1S/C13H14ClN/c1-10(2)6-8-15-9-7-11-12(14)4-3-5-13(11)15/h3-5,7,9H,1,6,8H2,2H3. The first-order valence-electron chi connectivity index (χ1n) is 5.06. The van der Waals surface area contributed by atoms with E-state index in [1.807, 2.05) is 12.1 Å². The SMILES string of the molecule is C=C(C)CCn1ccc2c(Cl)cccc21. The number of aromatic nitrogens is 1. The quantitative estimate of drug-likeness (QED) is 0.680. The highest BCUT2D eigenvalue weighted by molar-refractivity contribution is 6.35. The van der Waals surface area contributed by atoms with Crippen LogP contribution in [0.1, 0.15) is 13.3 Å². The Hall–Kier alpha value is -1.21. The molecule has 0 radical (unpaired) electrons. The number of rotatable bonds is 3. The Morgan fingerprint density at radius 2 is 2.20 bits per heavy atom. The molecule has 2 heteroatoms. The molecule has 1 heterocycles. The van der Waals surface area contributed by atoms with E-state index in [1.54, 1.807) is 0 Å². The minimum absolute atomic E-state index is 0.821. The van der Waals surface area contributed by atoms with Gasteiger partial charge in [-0.1, -0.05) is 23.2 Å². The first kappa shape index (κ1) is 10.3.